The average molecular weight is 450 g/mol. The summed E-state index contributed by atoms with van der Waals surface area (Å²) in [7, 11) is -2.21. The second-order valence-electron chi connectivity index (χ2n) is 6.59. The fraction of sp³-hybridized carbons (Fsp3) is 0.0455. The first-order chi connectivity index (χ1) is 15.4. The Balaban J connectivity index is 1.47. The number of benzene rings is 3. The summed E-state index contributed by atoms with van der Waals surface area (Å²) in [6.45, 7) is 0. The summed E-state index contributed by atoms with van der Waals surface area (Å²) in [6, 6.07) is 20.9. The van der Waals surface area contributed by atoms with Gasteiger partial charge in [0, 0.05) is 16.8 Å². The van der Waals surface area contributed by atoms with E-state index in [2.05, 4.69) is 20.2 Å². The first kappa shape index (κ1) is 21.1. The maximum absolute atomic E-state index is 12.6. The molecule has 0 aliphatic rings. The molecule has 0 radical (unpaired) electrons. The fourth-order valence-electron chi connectivity index (χ4n) is 2.83. The maximum Gasteiger partial charge on any atom is 0.322 e. The minimum Gasteiger partial charge on any atom is -0.497 e. The van der Waals surface area contributed by atoms with Crippen LogP contribution in [0.15, 0.2) is 88.2 Å². The maximum atomic E-state index is 12.6. The van der Waals surface area contributed by atoms with E-state index >= 15 is 0 Å². The number of hydrogen-bond acceptors (Lipinski definition) is 7. The number of anilines is 2. The molecule has 0 saturated heterocycles. The predicted octanol–water partition coefficient (Wildman–Crippen LogP) is 3.80. The van der Waals surface area contributed by atoms with Gasteiger partial charge in [0.25, 0.3) is 15.9 Å². The van der Waals surface area contributed by atoms with Gasteiger partial charge in [-0.25, -0.2) is 8.42 Å². The second-order valence-corrected chi connectivity index (χ2v) is 8.28. The Hall–Kier alpha value is -4.18. The van der Waals surface area contributed by atoms with Gasteiger partial charge in [-0.1, -0.05) is 29.4 Å². The van der Waals surface area contributed by atoms with Crippen LogP contribution in [0.25, 0.3) is 11.5 Å². The Morgan fingerprint density at radius 2 is 1.69 bits per heavy atom. The molecule has 0 saturated carbocycles. The van der Waals surface area contributed by atoms with E-state index in [1.807, 2.05) is 0 Å². The Morgan fingerprint density at radius 1 is 0.938 bits per heavy atom. The van der Waals surface area contributed by atoms with Crippen molar-refractivity contribution in [2.75, 3.05) is 17.1 Å². The molecule has 32 heavy (non-hydrogen) atoms. The first-order valence-corrected chi connectivity index (χ1v) is 10.9. The molecule has 0 fully saturated rings. The number of methoxy groups -OCH3 is 1. The minimum absolute atomic E-state index is 0.0870. The molecule has 2 N–H and O–H groups in total. The van der Waals surface area contributed by atoms with Crippen molar-refractivity contribution >= 4 is 27.6 Å². The van der Waals surface area contributed by atoms with Crippen LogP contribution in [0.4, 0.5) is 11.7 Å². The largest absolute Gasteiger partial charge is 0.497 e. The fourth-order valence-corrected chi connectivity index (χ4v) is 3.90. The molecule has 0 aliphatic heterocycles. The monoisotopic (exact) mass is 450 g/mol. The lowest BCUT2D eigenvalue weighted by molar-refractivity contribution is 0.102. The van der Waals surface area contributed by atoms with E-state index in [9.17, 15) is 13.2 Å². The Labute approximate surface area is 184 Å². The van der Waals surface area contributed by atoms with Crippen LogP contribution in [0.2, 0.25) is 0 Å². The quantitative estimate of drug-likeness (QED) is 0.439. The average Bonchev–Trinajstić information content (AvgIpc) is 3.28. The van der Waals surface area contributed by atoms with Crippen LogP contribution >= 0.6 is 0 Å². The lowest BCUT2D eigenvalue weighted by Gasteiger charge is -2.09. The lowest BCUT2D eigenvalue weighted by Crippen LogP contribution is -2.15. The third kappa shape index (κ3) is 4.76. The molecule has 0 spiro atoms. The van der Waals surface area contributed by atoms with E-state index in [1.54, 1.807) is 61.7 Å². The third-order valence-corrected chi connectivity index (χ3v) is 5.81. The Bertz CT molecular complexity index is 1340. The van der Waals surface area contributed by atoms with E-state index < -0.39 is 15.9 Å². The van der Waals surface area contributed by atoms with Crippen molar-refractivity contribution in [2.45, 2.75) is 4.90 Å². The molecule has 0 atom stereocenters. The third-order valence-electron chi connectivity index (χ3n) is 4.41. The summed E-state index contributed by atoms with van der Waals surface area (Å²) in [6.07, 6.45) is 0. The minimum atomic E-state index is -3.78. The number of amides is 1. The Kier molecular flexibility index (Phi) is 5.86. The highest BCUT2D eigenvalue weighted by Crippen LogP contribution is 2.23. The van der Waals surface area contributed by atoms with Crippen molar-refractivity contribution in [3.63, 3.8) is 0 Å². The summed E-state index contributed by atoms with van der Waals surface area (Å²) in [5.41, 5.74) is 1.12. The molecule has 4 rings (SSSR count). The molecule has 0 aliphatic carbocycles. The molecular weight excluding hydrogens is 432 g/mol. The second kappa shape index (κ2) is 8.90. The van der Waals surface area contributed by atoms with E-state index in [4.69, 9.17) is 9.15 Å². The van der Waals surface area contributed by atoms with Gasteiger partial charge in [-0.3, -0.25) is 14.8 Å². The summed E-state index contributed by atoms with van der Waals surface area (Å²) in [5, 5.41) is 10.3. The molecule has 1 heterocycles. The zero-order chi connectivity index (χ0) is 22.6. The molecule has 10 heteroatoms. The zero-order valence-electron chi connectivity index (χ0n) is 16.8. The van der Waals surface area contributed by atoms with Gasteiger partial charge in [0.15, 0.2) is 0 Å². The smallest absolute Gasteiger partial charge is 0.322 e. The molecule has 1 amide bonds. The normalized spacial score (nSPS) is 11.0. The molecule has 0 unspecified atom stereocenters. The highest BCUT2D eigenvalue weighted by molar-refractivity contribution is 7.92. The Morgan fingerprint density at radius 3 is 2.41 bits per heavy atom. The summed E-state index contributed by atoms with van der Waals surface area (Å²) in [4.78, 5) is 12.7. The molecule has 0 bridgehead atoms. The van der Waals surface area contributed by atoms with E-state index in [1.165, 1.54) is 24.3 Å². The number of carbonyl (C=O) groups is 1. The number of hydrogen-bond donors (Lipinski definition) is 2. The molecule has 9 nitrogen and oxygen atoms in total. The van der Waals surface area contributed by atoms with Gasteiger partial charge in [0.1, 0.15) is 5.75 Å². The van der Waals surface area contributed by atoms with Crippen LogP contribution in [0.5, 0.6) is 5.75 Å². The van der Waals surface area contributed by atoms with Crippen molar-refractivity contribution in [1.29, 1.82) is 0 Å². The highest BCUT2D eigenvalue weighted by Gasteiger charge is 2.16. The number of nitrogens with one attached hydrogen (secondary N) is 2. The number of aromatic nitrogens is 2. The lowest BCUT2D eigenvalue weighted by atomic mass is 10.2. The number of sulfonamides is 1. The summed E-state index contributed by atoms with van der Waals surface area (Å²) in [5.74, 6) is 0.382. The highest BCUT2D eigenvalue weighted by atomic mass is 32.2. The van der Waals surface area contributed by atoms with Crippen LogP contribution in [0.3, 0.4) is 0 Å². The standard InChI is InChI=1S/C22H18N4O5S/c1-30-18-12-10-15(11-13-18)21-24-25-22(31-21)23-20(27)16-6-5-7-17(14-16)26-32(28,29)19-8-3-2-4-9-19/h2-14,26H,1H3,(H,23,25,27). The number of rotatable bonds is 7. The van der Waals surface area contributed by atoms with Gasteiger partial charge in [-0.15, -0.1) is 5.10 Å². The SMILES string of the molecule is COc1ccc(-c2nnc(NC(=O)c3cccc(NS(=O)(=O)c4ccccc4)c3)o2)cc1. The van der Waals surface area contributed by atoms with Crippen molar-refractivity contribution in [3.8, 4) is 17.2 Å². The molecular formula is C22H18N4O5S. The molecule has 3 aromatic carbocycles. The van der Waals surface area contributed by atoms with Crippen molar-refractivity contribution < 1.29 is 22.4 Å². The van der Waals surface area contributed by atoms with E-state index in [-0.39, 0.29) is 28.1 Å². The molecule has 1 aromatic heterocycles. The van der Waals surface area contributed by atoms with Crippen LogP contribution in [0.1, 0.15) is 10.4 Å². The van der Waals surface area contributed by atoms with Crippen molar-refractivity contribution in [2.24, 2.45) is 0 Å². The van der Waals surface area contributed by atoms with Crippen LogP contribution in [-0.4, -0.2) is 31.6 Å². The van der Waals surface area contributed by atoms with E-state index in [0.717, 1.165) is 0 Å². The van der Waals surface area contributed by atoms with Gasteiger partial charge in [-0.2, -0.15) is 0 Å². The van der Waals surface area contributed by atoms with Gasteiger partial charge in [-0.05, 0) is 54.6 Å². The molecule has 162 valence electrons. The summed E-state index contributed by atoms with van der Waals surface area (Å²) < 4.78 is 38.1. The van der Waals surface area contributed by atoms with Gasteiger partial charge < -0.3 is 9.15 Å². The van der Waals surface area contributed by atoms with E-state index in [0.29, 0.717) is 11.3 Å². The summed E-state index contributed by atoms with van der Waals surface area (Å²) >= 11 is 0. The van der Waals surface area contributed by atoms with Gasteiger partial charge in [0.2, 0.25) is 5.89 Å². The zero-order valence-corrected chi connectivity index (χ0v) is 17.7. The number of nitrogens with zero attached hydrogens (tertiary/aromatic N) is 2. The van der Waals surface area contributed by atoms with Gasteiger partial charge >= 0.3 is 6.01 Å². The first-order valence-electron chi connectivity index (χ1n) is 9.42. The topological polar surface area (TPSA) is 123 Å². The van der Waals surface area contributed by atoms with Crippen LogP contribution in [0, 0.1) is 0 Å². The van der Waals surface area contributed by atoms with Crippen molar-refractivity contribution in [1.82, 2.24) is 10.2 Å². The van der Waals surface area contributed by atoms with Crippen LogP contribution < -0.4 is 14.8 Å². The molecule has 4 aromatic rings. The predicted molar refractivity (Wildman–Crippen MR) is 118 cm³/mol. The number of ether oxygens (including phenoxy) is 1. The van der Waals surface area contributed by atoms with Gasteiger partial charge in [0.05, 0.1) is 12.0 Å². The van der Waals surface area contributed by atoms with Crippen molar-refractivity contribution in [3.05, 3.63) is 84.4 Å². The van der Waals surface area contributed by atoms with Crippen LogP contribution in [-0.2, 0) is 10.0 Å². The number of carbonyl (C=O) groups excluding carboxylic acids is 1.